The Morgan fingerprint density at radius 1 is 1.29 bits per heavy atom. The Kier molecular flexibility index (Phi) is 5.02. The van der Waals surface area contributed by atoms with Crippen molar-refractivity contribution < 1.29 is 0 Å². The molecule has 0 heterocycles. The van der Waals surface area contributed by atoms with Crippen LogP contribution in [0.3, 0.4) is 0 Å². The van der Waals surface area contributed by atoms with Gasteiger partial charge in [0.2, 0.25) is 0 Å². The Morgan fingerprint density at radius 3 is 2.79 bits per heavy atom. The van der Waals surface area contributed by atoms with Crippen LogP contribution in [0.4, 0.5) is 0 Å². The summed E-state index contributed by atoms with van der Waals surface area (Å²) in [6, 6.07) is 8.56. The van der Waals surface area contributed by atoms with Gasteiger partial charge in [-0.1, -0.05) is 36.4 Å². The fraction of sp³-hybridized carbons (Fsp3) is 0.385. The van der Waals surface area contributed by atoms with E-state index >= 15 is 0 Å². The fourth-order valence-corrected chi connectivity index (χ4v) is 1.42. The molecule has 1 aromatic carbocycles. The molecule has 0 aliphatic carbocycles. The van der Waals surface area contributed by atoms with Crippen LogP contribution in [-0.4, -0.2) is 13.1 Å². The minimum Gasteiger partial charge on any atom is -0.313 e. The molecule has 0 spiro atoms. The van der Waals surface area contributed by atoms with Crippen LogP contribution in [0.1, 0.15) is 18.1 Å². The van der Waals surface area contributed by atoms with E-state index in [1.165, 1.54) is 11.1 Å². The highest BCUT2D eigenvalue weighted by atomic mass is 14.8. The molecule has 0 fully saturated rings. The highest BCUT2D eigenvalue weighted by molar-refractivity contribution is 5.25. The molecule has 0 aliphatic heterocycles. The predicted molar refractivity (Wildman–Crippen MR) is 62.6 cm³/mol. The van der Waals surface area contributed by atoms with E-state index in [-0.39, 0.29) is 0 Å². The van der Waals surface area contributed by atoms with Gasteiger partial charge in [0.15, 0.2) is 0 Å². The smallest absolute Gasteiger partial charge is 0.0134 e. The van der Waals surface area contributed by atoms with Crippen LogP contribution >= 0.6 is 0 Å². The Bertz CT molecular complexity index is 289. The van der Waals surface area contributed by atoms with Crippen LogP contribution in [-0.2, 0) is 6.42 Å². The topological polar surface area (TPSA) is 12.0 Å². The molecule has 0 unspecified atom stereocenters. The molecule has 14 heavy (non-hydrogen) atoms. The number of hydrogen-bond donors (Lipinski definition) is 1. The lowest BCUT2D eigenvalue weighted by Crippen LogP contribution is -2.17. The summed E-state index contributed by atoms with van der Waals surface area (Å²) in [4.78, 5) is 0. The van der Waals surface area contributed by atoms with Gasteiger partial charge in [-0.3, -0.25) is 0 Å². The molecule has 1 nitrogen and oxygen atoms in total. The zero-order valence-corrected chi connectivity index (χ0v) is 9.09. The van der Waals surface area contributed by atoms with E-state index in [1.54, 1.807) is 0 Å². The average Bonchev–Trinajstić information content (AvgIpc) is 2.20. The summed E-state index contributed by atoms with van der Waals surface area (Å²) in [5.74, 6) is 0. The van der Waals surface area contributed by atoms with Crippen molar-refractivity contribution in [3.63, 3.8) is 0 Å². The second kappa shape index (κ2) is 6.39. The van der Waals surface area contributed by atoms with Gasteiger partial charge in [-0.15, -0.1) is 0 Å². The summed E-state index contributed by atoms with van der Waals surface area (Å²) in [7, 11) is 0. The van der Waals surface area contributed by atoms with Gasteiger partial charge in [0.25, 0.3) is 0 Å². The highest BCUT2D eigenvalue weighted by Crippen LogP contribution is 2.06. The van der Waals surface area contributed by atoms with E-state index < -0.39 is 0 Å². The summed E-state index contributed by atoms with van der Waals surface area (Å²) in [5, 5.41) is 3.38. The van der Waals surface area contributed by atoms with Gasteiger partial charge in [-0.2, -0.15) is 0 Å². The molecule has 0 saturated heterocycles. The van der Waals surface area contributed by atoms with Crippen molar-refractivity contribution in [2.24, 2.45) is 0 Å². The largest absolute Gasteiger partial charge is 0.313 e. The quantitative estimate of drug-likeness (QED) is 0.554. The van der Waals surface area contributed by atoms with Gasteiger partial charge < -0.3 is 5.32 Å². The van der Waals surface area contributed by atoms with E-state index in [9.17, 15) is 0 Å². The SMILES string of the molecule is C/C=C/CNCCc1ccccc1C. The Hall–Kier alpha value is -1.08. The van der Waals surface area contributed by atoms with Gasteiger partial charge in [0.05, 0.1) is 0 Å². The average molecular weight is 189 g/mol. The van der Waals surface area contributed by atoms with Gasteiger partial charge in [0.1, 0.15) is 0 Å². The van der Waals surface area contributed by atoms with E-state index in [0.29, 0.717) is 0 Å². The maximum atomic E-state index is 3.38. The van der Waals surface area contributed by atoms with E-state index in [4.69, 9.17) is 0 Å². The van der Waals surface area contributed by atoms with Crippen LogP contribution in [0.2, 0.25) is 0 Å². The van der Waals surface area contributed by atoms with Crippen LogP contribution in [0.5, 0.6) is 0 Å². The number of allylic oxidation sites excluding steroid dienone is 1. The zero-order chi connectivity index (χ0) is 10.2. The number of benzene rings is 1. The Labute approximate surface area is 86.8 Å². The van der Waals surface area contributed by atoms with Crippen molar-refractivity contribution in [3.8, 4) is 0 Å². The maximum Gasteiger partial charge on any atom is 0.0134 e. The molecule has 76 valence electrons. The monoisotopic (exact) mass is 189 g/mol. The molecule has 1 rings (SSSR count). The van der Waals surface area contributed by atoms with Crippen LogP contribution < -0.4 is 5.32 Å². The standard InChI is InChI=1S/C13H19N/c1-3-4-10-14-11-9-13-8-6-5-7-12(13)2/h3-8,14H,9-11H2,1-2H3/b4-3+. The molecule has 0 aromatic heterocycles. The van der Waals surface area contributed by atoms with Gasteiger partial charge in [-0.05, 0) is 37.9 Å². The third-order valence-corrected chi connectivity index (χ3v) is 2.33. The first-order chi connectivity index (χ1) is 6.84. The minimum atomic E-state index is 0.975. The van der Waals surface area contributed by atoms with Crippen molar-refractivity contribution in [2.45, 2.75) is 20.3 Å². The molecule has 0 bridgehead atoms. The summed E-state index contributed by atoms with van der Waals surface area (Å²) in [5.41, 5.74) is 2.83. The van der Waals surface area contributed by atoms with Crippen LogP contribution in [0.15, 0.2) is 36.4 Å². The Balaban J connectivity index is 2.28. The zero-order valence-electron chi connectivity index (χ0n) is 9.09. The van der Waals surface area contributed by atoms with Gasteiger partial charge >= 0.3 is 0 Å². The lowest BCUT2D eigenvalue weighted by molar-refractivity contribution is 0.742. The lowest BCUT2D eigenvalue weighted by atomic mass is 10.1. The first-order valence-electron chi connectivity index (χ1n) is 5.21. The van der Waals surface area contributed by atoms with Crippen molar-refractivity contribution in [1.82, 2.24) is 5.32 Å². The summed E-state index contributed by atoms with van der Waals surface area (Å²) < 4.78 is 0. The first kappa shape index (κ1) is 11.0. The molecular formula is C13H19N. The molecule has 0 saturated carbocycles. The molecule has 0 radical (unpaired) electrons. The van der Waals surface area contributed by atoms with Gasteiger partial charge in [-0.25, -0.2) is 0 Å². The lowest BCUT2D eigenvalue weighted by Gasteiger charge is -2.05. The highest BCUT2D eigenvalue weighted by Gasteiger charge is 1.94. The number of hydrogen-bond acceptors (Lipinski definition) is 1. The van der Waals surface area contributed by atoms with Crippen molar-refractivity contribution in [3.05, 3.63) is 47.5 Å². The van der Waals surface area contributed by atoms with Gasteiger partial charge in [0, 0.05) is 6.54 Å². The molecule has 1 N–H and O–H groups in total. The van der Waals surface area contributed by atoms with Crippen LogP contribution in [0, 0.1) is 6.92 Å². The number of aryl methyl sites for hydroxylation is 1. The van der Waals surface area contributed by atoms with Crippen molar-refractivity contribution >= 4 is 0 Å². The fourth-order valence-electron chi connectivity index (χ4n) is 1.42. The third-order valence-electron chi connectivity index (χ3n) is 2.33. The van der Waals surface area contributed by atoms with Crippen LogP contribution in [0.25, 0.3) is 0 Å². The van der Waals surface area contributed by atoms with E-state index in [0.717, 1.165) is 19.5 Å². The Morgan fingerprint density at radius 2 is 2.07 bits per heavy atom. The molecule has 1 aromatic rings. The van der Waals surface area contributed by atoms with E-state index in [1.807, 2.05) is 6.92 Å². The molecule has 0 amide bonds. The number of nitrogens with one attached hydrogen (secondary N) is 1. The van der Waals surface area contributed by atoms with Crippen molar-refractivity contribution in [2.75, 3.05) is 13.1 Å². The summed E-state index contributed by atoms with van der Waals surface area (Å²) in [6.07, 6.45) is 5.32. The van der Waals surface area contributed by atoms with E-state index in [2.05, 4.69) is 48.7 Å². The van der Waals surface area contributed by atoms with Crippen molar-refractivity contribution in [1.29, 1.82) is 0 Å². The third kappa shape index (κ3) is 3.75. The maximum absolute atomic E-state index is 3.38. The minimum absolute atomic E-state index is 0.975. The second-order valence-corrected chi connectivity index (χ2v) is 3.45. The summed E-state index contributed by atoms with van der Waals surface area (Å²) >= 11 is 0. The number of rotatable bonds is 5. The summed E-state index contributed by atoms with van der Waals surface area (Å²) in [6.45, 7) is 6.24. The second-order valence-electron chi connectivity index (χ2n) is 3.45. The molecule has 0 aliphatic rings. The molecule has 0 atom stereocenters. The molecule has 1 heteroatoms. The first-order valence-corrected chi connectivity index (χ1v) is 5.21. The molecular weight excluding hydrogens is 170 g/mol. The normalized spacial score (nSPS) is 11.0. The predicted octanol–water partition coefficient (Wildman–Crippen LogP) is 2.70.